The van der Waals surface area contributed by atoms with Crippen LogP contribution in [-0.4, -0.2) is 24.2 Å². The molecule has 0 N–H and O–H groups in total. The minimum Gasteiger partial charge on any atom is -0.488 e. The van der Waals surface area contributed by atoms with Gasteiger partial charge in [-0.15, -0.1) is 11.1 Å². The average Bonchev–Trinajstić information content (AvgIpc) is 3.10. The van der Waals surface area contributed by atoms with Gasteiger partial charge in [0.1, 0.15) is 18.1 Å². The molecule has 2 heterocycles. The first kappa shape index (κ1) is 13.7. The highest BCUT2D eigenvalue weighted by molar-refractivity contribution is 7.08. The first-order valence-electron chi connectivity index (χ1n) is 7.16. The molecule has 1 aromatic carbocycles. The molecule has 0 aliphatic carbocycles. The number of para-hydroxylation sites is 1. The molecule has 7 nitrogen and oxygen atoms in total. The summed E-state index contributed by atoms with van der Waals surface area (Å²) in [5, 5.41) is 7.99. The summed E-state index contributed by atoms with van der Waals surface area (Å²) in [6, 6.07) is 5.48. The van der Waals surface area contributed by atoms with E-state index in [9.17, 15) is 4.79 Å². The van der Waals surface area contributed by atoms with E-state index in [-0.39, 0.29) is 6.61 Å². The van der Waals surface area contributed by atoms with E-state index in [1.807, 2.05) is 6.92 Å². The Morgan fingerprint density at radius 2 is 2.30 bits per heavy atom. The molecule has 0 fully saturated rings. The number of aromatic nitrogens is 5. The van der Waals surface area contributed by atoms with E-state index in [1.165, 1.54) is 7.05 Å². The van der Waals surface area contributed by atoms with Crippen LogP contribution in [0.15, 0.2) is 29.0 Å². The van der Waals surface area contributed by atoms with Gasteiger partial charge in [0.2, 0.25) is 0 Å². The predicted octanol–water partition coefficient (Wildman–Crippen LogP) is 1.29. The molecule has 0 saturated carbocycles. The molecule has 0 amide bonds. The van der Waals surface area contributed by atoms with Gasteiger partial charge in [0.25, 0.3) is 0 Å². The molecule has 2 aromatic heterocycles. The number of benzene rings is 1. The monoisotopic (exact) mass is 329 g/mol. The number of hydrogen-bond acceptors (Lipinski definition) is 6. The molecule has 0 saturated heterocycles. The Bertz CT molecular complexity index is 998. The Morgan fingerprint density at radius 1 is 1.48 bits per heavy atom. The third-order valence-electron chi connectivity index (χ3n) is 3.21. The van der Waals surface area contributed by atoms with E-state index in [0.29, 0.717) is 28.1 Å². The zero-order valence-corrected chi connectivity index (χ0v) is 13.3. The Morgan fingerprint density at radius 3 is 2.96 bits per heavy atom. The van der Waals surface area contributed by atoms with Gasteiger partial charge in [0.15, 0.2) is 5.00 Å². The van der Waals surface area contributed by atoms with Crippen LogP contribution < -0.4 is 10.4 Å². The number of tetrazole rings is 1. The fraction of sp³-hybridized carbons (Fsp3) is 0.200. The lowest BCUT2D eigenvalue weighted by Crippen LogP contribution is -2.22. The number of terminal acetylenes is 1. The number of nitrogens with zero attached hydrogens (tertiary/aromatic N) is 5. The maximum absolute atomic E-state index is 12.1. The van der Waals surface area contributed by atoms with Gasteiger partial charge in [-0.05, 0) is 46.4 Å². The molecule has 0 unspecified atom stereocenters. The van der Waals surface area contributed by atoms with Crippen molar-refractivity contribution in [3.8, 4) is 23.1 Å². The largest absolute Gasteiger partial charge is 0.488 e. The highest BCUT2D eigenvalue weighted by atomic mass is 32.1. The van der Waals surface area contributed by atoms with Gasteiger partial charge >= 0.3 is 5.69 Å². The Balaban J connectivity index is 1.96. The molecule has 23 heavy (non-hydrogen) atoms. The highest BCUT2D eigenvalue weighted by Gasteiger charge is 2.19. The van der Waals surface area contributed by atoms with Crippen LogP contribution in [-0.2, 0) is 13.7 Å². The summed E-state index contributed by atoms with van der Waals surface area (Å²) in [7, 11) is 1.51. The SMILES string of the molecule is [3H]c1ccc(OCc2c(C#C)nsc2-n2nnn(C)c2=O)c(C)c1. The van der Waals surface area contributed by atoms with Crippen LogP contribution in [0.3, 0.4) is 0 Å². The van der Waals surface area contributed by atoms with E-state index in [1.54, 1.807) is 18.2 Å². The summed E-state index contributed by atoms with van der Waals surface area (Å²) in [6.45, 7) is 1.99. The molecule has 0 radical (unpaired) electrons. The lowest BCUT2D eigenvalue weighted by molar-refractivity contribution is 0.303. The molecule has 3 aromatic rings. The van der Waals surface area contributed by atoms with Crippen molar-refractivity contribution in [1.29, 1.82) is 0 Å². The fourth-order valence-corrected chi connectivity index (χ4v) is 2.76. The average molecular weight is 329 g/mol. The summed E-state index contributed by atoms with van der Waals surface area (Å²) in [6.07, 6.45) is 5.49. The van der Waals surface area contributed by atoms with Gasteiger partial charge in [-0.25, -0.2) is 4.79 Å². The van der Waals surface area contributed by atoms with Gasteiger partial charge in [-0.3, -0.25) is 0 Å². The first-order chi connectivity index (χ1) is 11.5. The Labute approximate surface area is 137 Å². The van der Waals surface area contributed by atoms with Gasteiger partial charge in [0.05, 0.1) is 6.93 Å². The standard InChI is InChI=1S/C15H13N5O2S/c1-4-12-11(9-22-13-8-6-5-7-10(13)2)14(23-16-12)20-15(21)19(3)17-18-20/h1,5-8H,9H2,2-3H3/i5T. The second-order valence-corrected chi connectivity index (χ2v) is 5.49. The van der Waals surface area contributed by atoms with E-state index in [2.05, 4.69) is 20.7 Å². The minimum absolute atomic E-state index is 0.132. The fourth-order valence-electron chi connectivity index (χ4n) is 1.96. The van der Waals surface area contributed by atoms with Crippen molar-refractivity contribution in [3.05, 3.63) is 51.5 Å². The third kappa shape index (κ3) is 2.74. The van der Waals surface area contributed by atoms with Crippen LogP contribution in [0.4, 0.5) is 0 Å². The van der Waals surface area contributed by atoms with E-state index >= 15 is 0 Å². The van der Waals surface area contributed by atoms with Crippen molar-refractivity contribution in [1.82, 2.24) is 24.2 Å². The van der Waals surface area contributed by atoms with Crippen LogP contribution in [0.2, 0.25) is 0 Å². The van der Waals surface area contributed by atoms with E-state index < -0.39 is 5.69 Å². The molecule has 0 bridgehead atoms. The summed E-state index contributed by atoms with van der Waals surface area (Å²) in [4.78, 5) is 12.1. The first-order valence-corrected chi connectivity index (χ1v) is 7.43. The summed E-state index contributed by atoms with van der Waals surface area (Å²) < 4.78 is 19.8. The molecule has 0 spiro atoms. The van der Waals surface area contributed by atoms with Crippen molar-refractivity contribution in [2.24, 2.45) is 7.05 Å². The van der Waals surface area contributed by atoms with Crippen LogP contribution in [0.1, 0.15) is 18.2 Å². The smallest absolute Gasteiger partial charge is 0.369 e. The van der Waals surface area contributed by atoms with Crippen LogP contribution in [0.5, 0.6) is 5.75 Å². The van der Waals surface area contributed by atoms with E-state index in [4.69, 9.17) is 12.5 Å². The maximum Gasteiger partial charge on any atom is 0.369 e. The summed E-state index contributed by atoms with van der Waals surface area (Å²) >= 11 is 1.07. The molecule has 3 rings (SSSR count). The van der Waals surface area contributed by atoms with Crippen molar-refractivity contribution in [2.45, 2.75) is 13.5 Å². The summed E-state index contributed by atoms with van der Waals surface area (Å²) in [5.74, 6) is 3.13. The second-order valence-electron chi connectivity index (χ2n) is 4.74. The molecule has 0 atom stereocenters. The molecule has 0 aliphatic heterocycles. The Hall–Kier alpha value is -2.92. The predicted molar refractivity (Wildman–Crippen MR) is 85.7 cm³/mol. The van der Waals surface area contributed by atoms with Crippen molar-refractivity contribution >= 4 is 11.5 Å². The Kier molecular flexibility index (Phi) is 3.62. The second kappa shape index (κ2) is 6.06. The number of aryl methyl sites for hydroxylation is 2. The quantitative estimate of drug-likeness (QED) is 0.674. The highest BCUT2D eigenvalue weighted by Crippen LogP contribution is 2.24. The van der Waals surface area contributed by atoms with Gasteiger partial charge in [0, 0.05) is 7.05 Å². The summed E-state index contributed by atoms with van der Waals surface area (Å²) in [5.41, 5.74) is 1.45. The lowest BCUT2D eigenvalue weighted by atomic mass is 10.2. The van der Waals surface area contributed by atoms with Crippen molar-refractivity contribution in [2.75, 3.05) is 0 Å². The third-order valence-corrected chi connectivity index (χ3v) is 4.08. The van der Waals surface area contributed by atoms with Crippen molar-refractivity contribution in [3.63, 3.8) is 0 Å². The zero-order valence-electron chi connectivity index (χ0n) is 13.5. The van der Waals surface area contributed by atoms with Crippen LogP contribution in [0, 0.1) is 19.3 Å². The van der Waals surface area contributed by atoms with Gasteiger partial charge in [-0.2, -0.15) is 9.06 Å². The van der Waals surface area contributed by atoms with Crippen LogP contribution in [0.25, 0.3) is 5.00 Å². The van der Waals surface area contributed by atoms with Gasteiger partial charge in [-0.1, -0.05) is 18.2 Å². The van der Waals surface area contributed by atoms with E-state index in [0.717, 1.165) is 26.5 Å². The molecular formula is C15H13N5O2S. The number of hydrogen-bond donors (Lipinski definition) is 0. The molecular weight excluding hydrogens is 314 g/mol. The topological polar surface area (TPSA) is 74.8 Å². The number of ether oxygens (including phenoxy) is 1. The molecule has 116 valence electrons. The lowest BCUT2D eigenvalue weighted by Gasteiger charge is -2.09. The maximum atomic E-state index is 12.1. The van der Waals surface area contributed by atoms with Gasteiger partial charge < -0.3 is 4.74 Å². The van der Waals surface area contributed by atoms with Crippen molar-refractivity contribution < 1.29 is 6.11 Å². The minimum atomic E-state index is -0.391. The molecule has 0 aliphatic rings. The normalized spacial score (nSPS) is 11.1. The van der Waals surface area contributed by atoms with Crippen LogP contribution >= 0.6 is 11.5 Å². The zero-order chi connectivity index (χ0) is 17.3. The molecule has 8 heteroatoms. The number of rotatable bonds is 4.